The van der Waals surface area contributed by atoms with Crippen molar-refractivity contribution in [2.45, 2.75) is 116 Å². The first-order valence-electron chi connectivity index (χ1n) is 18.5. The van der Waals surface area contributed by atoms with Gasteiger partial charge in [-0.15, -0.1) is 0 Å². The Bertz CT molecular complexity index is 1440. The molecule has 6 rings (SSSR count). The van der Waals surface area contributed by atoms with Crippen LogP contribution in [0.15, 0.2) is 91.0 Å². The molecule has 2 amide bonds. The van der Waals surface area contributed by atoms with Crippen molar-refractivity contribution in [3.05, 3.63) is 108 Å². The van der Waals surface area contributed by atoms with Crippen molar-refractivity contribution in [2.75, 3.05) is 26.3 Å². The number of nitrogens with zero attached hydrogens (tertiary/aromatic N) is 2. The molecule has 3 aromatic rings. The number of aliphatic hydroxyl groups is 1. The van der Waals surface area contributed by atoms with Crippen molar-refractivity contribution in [3.63, 3.8) is 0 Å². The molecule has 2 atom stereocenters. The number of ether oxygens (including phenoxy) is 3. The molecule has 9 nitrogen and oxygen atoms in total. The van der Waals surface area contributed by atoms with Gasteiger partial charge < -0.3 is 41.2 Å². The number of likely N-dealkylation sites (tertiary alicyclic amines) is 2. The zero-order valence-corrected chi connectivity index (χ0v) is 39.3. The Labute approximate surface area is 376 Å². The van der Waals surface area contributed by atoms with Crippen molar-refractivity contribution in [2.24, 2.45) is 0 Å². The Morgan fingerprint density at radius 3 is 1.45 bits per heavy atom. The summed E-state index contributed by atoms with van der Waals surface area (Å²) in [5, 5.41) is 11.9. The predicted octanol–water partition coefficient (Wildman–Crippen LogP) is 5.43. The number of hydrogen-bond donors (Lipinski definition) is 1. The zero-order chi connectivity index (χ0) is 38.2. The molecule has 0 saturated carbocycles. The third-order valence-electron chi connectivity index (χ3n) is 8.58. The van der Waals surface area contributed by atoms with Crippen molar-refractivity contribution in [1.82, 2.24) is 9.80 Å². The first-order valence-corrected chi connectivity index (χ1v) is 18.5. The molecule has 0 aliphatic carbocycles. The maximum absolute atomic E-state index is 12.8. The third-order valence-corrected chi connectivity index (χ3v) is 8.58. The number of carbonyl (C=O) groups is 3. The molecule has 13 heteroatoms. The van der Waals surface area contributed by atoms with Gasteiger partial charge in [0.05, 0.1) is 12.1 Å². The van der Waals surface area contributed by atoms with E-state index in [2.05, 4.69) is 6.07 Å². The van der Waals surface area contributed by atoms with Crippen LogP contribution in [0.3, 0.4) is 0 Å². The summed E-state index contributed by atoms with van der Waals surface area (Å²) in [5.41, 5.74) is -0.781. The molecule has 0 spiro atoms. The van der Waals surface area contributed by atoms with Crippen LogP contribution in [0.5, 0.6) is 0 Å². The molecular weight excluding hydrogens is 825 g/mol. The summed E-state index contributed by atoms with van der Waals surface area (Å²) in [6.07, 6.45) is 5.01. The molecule has 3 aliphatic rings. The van der Waals surface area contributed by atoms with Crippen molar-refractivity contribution < 1.29 is 50.7 Å². The SMILES string of the molecule is C1CCOC1.CC(=O)[C@@H]1CCCN1C(=O)OC(C)(C)C.CC(C)(C)OC(=O)N1CCC[C@H]1C(O)(c1ccccc1)c1ccccc1.S.S.[Br-].[Mg+2].[c-]1ccccc1. The molecule has 1 N–H and O–H groups in total. The number of Topliss-reactive ketones (excluding diaryl/α,β-unsaturated/α-hetero) is 1. The van der Waals surface area contributed by atoms with Crippen LogP contribution < -0.4 is 17.0 Å². The zero-order valence-electron chi connectivity index (χ0n) is 34.3. The topological polar surface area (TPSA) is 106 Å². The third kappa shape index (κ3) is 18.5. The summed E-state index contributed by atoms with van der Waals surface area (Å²) in [4.78, 5) is 39.0. The van der Waals surface area contributed by atoms with Gasteiger partial charge in [-0.25, -0.2) is 9.59 Å². The number of halogens is 1. The summed E-state index contributed by atoms with van der Waals surface area (Å²) in [6, 6.07) is 31.0. The molecule has 0 unspecified atom stereocenters. The Morgan fingerprint density at radius 2 is 1.09 bits per heavy atom. The van der Waals surface area contributed by atoms with Gasteiger partial charge >= 0.3 is 35.2 Å². The Kier molecular flexibility index (Phi) is 27.3. The van der Waals surface area contributed by atoms with Crippen LogP contribution in [-0.2, 0) is 24.6 Å². The molecule has 0 bridgehead atoms. The first kappa shape index (κ1) is 55.8. The minimum Gasteiger partial charge on any atom is -1.00 e. The van der Waals surface area contributed by atoms with Gasteiger partial charge in [0.1, 0.15) is 16.8 Å². The molecule has 56 heavy (non-hydrogen) atoms. The standard InChI is InChI=1S/C22H27NO3.C11H19NO3.C6H5.C4H8O.BrH.Mg.2H2S/c1-21(2,3)26-20(24)23-16-10-15-19(23)22(25,17-11-6-4-7-12-17)18-13-8-5-9-14-18;1-8(13)9-6-5-7-12(9)10(14)15-11(2,3)4;1-2-4-6-5-3-1;1-2-4-5-3-1;;;;/h4-9,11-14,19,25H,10,15-16H2,1-3H3;9H,5-7H2,1-4H3;1-5H;1-4H2;1H;;2*1H2/q;;-1;;;+2;;/p-1/t19-;9-;;;;;;/m00....../s1. The van der Waals surface area contributed by atoms with Crippen LogP contribution >= 0.6 is 27.0 Å². The van der Waals surface area contributed by atoms with Crippen molar-refractivity contribution >= 4 is 68.0 Å². The quantitative estimate of drug-likeness (QED) is 0.276. The van der Waals surface area contributed by atoms with Gasteiger partial charge in [0, 0.05) is 26.3 Å². The number of hydrogen-bond acceptors (Lipinski definition) is 7. The molecule has 3 aromatic carbocycles. The second-order valence-electron chi connectivity index (χ2n) is 15.2. The number of benzene rings is 3. The van der Waals surface area contributed by atoms with Crippen LogP contribution in [0.2, 0.25) is 0 Å². The maximum Gasteiger partial charge on any atom is 2.00 e. The van der Waals surface area contributed by atoms with E-state index in [1.165, 1.54) is 24.7 Å². The van der Waals surface area contributed by atoms with Crippen LogP contribution in [-0.4, -0.2) is 106 Å². The minimum atomic E-state index is -1.28. The summed E-state index contributed by atoms with van der Waals surface area (Å²) in [7, 11) is 0. The Balaban J connectivity index is 0. The van der Waals surface area contributed by atoms with E-state index in [-0.39, 0.29) is 97.1 Å². The van der Waals surface area contributed by atoms with Gasteiger partial charge in [-0.1, -0.05) is 60.7 Å². The van der Waals surface area contributed by atoms with E-state index < -0.39 is 16.8 Å². The Morgan fingerprint density at radius 1 is 0.679 bits per heavy atom. The fourth-order valence-electron chi connectivity index (χ4n) is 6.26. The van der Waals surface area contributed by atoms with Crippen LogP contribution in [0.1, 0.15) is 98.1 Å². The second kappa shape index (κ2) is 27.4. The van der Waals surface area contributed by atoms with Crippen molar-refractivity contribution in [3.8, 4) is 0 Å². The maximum atomic E-state index is 12.8. The predicted molar refractivity (Wildman–Crippen MR) is 230 cm³/mol. The van der Waals surface area contributed by atoms with Gasteiger partial charge in [-0.05, 0) is 98.1 Å². The summed E-state index contributed by atoms with van der Waals surface area (Å²) >= 11 is 0. The first-order chi connectivity index (χ1) is 24.6. The van der Waals surface area contributed by atoms with Gasteiger partial charge in [-0.3, -0.25) is 9.69 Å². The molecule has 308 valence electrons. The van der Waals surface area contributed by atoms with Gasteiger partial charge in [0.2, 0.25) is 0 Å². The van der Waals surface area contributed by atoms with Crippen molar-refractivity contribution in [1.29, 1.82) is 0 Å². The van der Waals surface area contributed by atoms with E-state index in [0.29, 0.717) is 13.1 Å². The molecule has 3 aliphatic heterocycles. The summed E-state index contributed by atoms with van der Waals surface area (Å²) < 4.78 is 15.8. The minimum absolute atomic E-state index is 0. The number of rotatable bonds is 4. The number of ketones is 1. The average molecular weight is 888 g/mol. The average Bonchev–Trinajstić information content (AvgIpc) is 3.93. The molecule has 0 radical (unpaired) electrons. The van der Waals surface area contributed by atoms with Crippen LogP contribution in [0.4, 0.5) is 9.59 Å². The Hall–Kier alpha value is -2.26. The van der Waals surface area contributed by atoms with Crippen LogP contribution in [0.25, 0.3) is 0 Å². The molecule has 0 aromatic heterocycles. The summed E-state index contributed by atoms with van der Waals surface area (Å²) in [5.74, 6) is 0.0401. The molecule has 3 heterocycles. The van der Waals surface area contributed by atoms with Gasteiger partial charge in [0.25, 0.3) is 0 Å². The molecular formula is C43H63BrMgN2O7S2. The van der Waals surface area contributed by atoms with Crippen LogP contribution in [0, 0.1) is 6.07 Å². The van der Waals surface area contributed by atoms with Gasteiger partial charge in [0.15, 0.2) is 5.78 Å². The van der Waals surface area contributed by atoms with E-state index in [9.17, 15) is 19.5 Å². The molecule has 3 fully saturated rings. The van der Waals surface area contributed by atoms with E-state index in [1.54, 1.807) is 4.90 Å². The number of carbonyl (C=O) groups excluding carboxylic acids is 3. The largest absolute Gasteiger partial charge is 2.00 e. The van der Waals surface area contributed by atoms with E-state index >= 15 is 0 Å². The van der Waals surface area contributed by atoms with Gasteiger partial charge in [-0.2, -0.15) is 63.4 Å². The summed E-state index contributed by atoms with van der Waals surface area (Å²) in [6.45, 7) is 15.8. The van der Waals surface area contributed by atoms with E-state index in [1.807, 2.05) is 133 Å². The second-order valence-corrected chi connectivity index (χ2v) is 15.2. The number of amides is 2. The smallest absolute Gasteiger partial charge is 1.00 e. The van der Waals surface area contributed by atoms with E-state index in [0.717, 1.165) is 50.0 Å². The fraction of sp³-hybridized carbons (Fsp3) is 0.512. The normalized spacial score (nSPS) is 17.1. The van der Waals surface area contributed by atoms with E-state index in [4.69, 9.17) is 14.2 Å². The fourth-order valence-corrected chi connectivity index (χ4v) is 6.26. The monoisotopic (exact) mass is 886 g/mol. The molecule has 3 saturated heterocycles.